The molecule has 1 heterocycles. The van der Waals surface area contributed by atoms with Crippen LogP contribution in [-0.2, 0) is 9.53 Å². The third-order valence-electron chi connectivity index (χ3n) is 3.57. The molecule has 0 aromatic heterocycles. The quantitative estimate of drug-likeness (QED) is 0.695. The Morgan fingerprint density at radius 2 is 1.78 bits per heavy atom. The van der Waals surface area contributed by atoms with Crippen LogP contribution in [-0.4, -0.2) is 61.6 Å². The second-order valence-corrected chi connectivity index (χ2v) is 5.09. The number of hydrogen-bond acceptors (Lipinski definition) is 3. The molecule has 0 radical (unpaired) electrons. The number of methoxy groups -OCH3 is 1. The first-order valence-electron chi connectivity index (χ1n) is 7.24. The molecule has 1 rings (SSSR count). The summed E-state index contributed by atoms with van der Waals surface area (Å²) < 4.78 is 5.35. The molecule has 1 fully saturated rings. The molecule has 0 unspecified atom stereocenters. The molecule has 1 aliphatic heterocycles. The summed E-state index contributed by atoms with van der Waals surface area (Å²) >= 11 is 0. The van der Waals surface area contributed by atoms with Crippen molar-refractivity contribution in [3.05, 3.63) is 0 Å². The maximum Gasteiger partial charge on any atom is 0.236 e. The first kappa shape index (κ1) is 15.4. The van der Waals surface area contributed by atoms with Crippen LogP contribution in [0.15, 0.2) is 0 Å². The van der Waals surface area contributed by atoms with Gasteiger partial charge in [0.05, 0.1) is 12.6 Å². The Morgan fingerprint density at radius 1 is 1.22 bits per heavy atom. The Labute approximate surface area is 111 Å². The number of amides is 1. The topological polar surface area (TPSA) is 32.8 Å². The summed E-state index contributed by atoms with van der Waals surface area (Å²) in [5.41, 5.74) is 0. The van der Waals surface area contributed by atoms with Gasteiger partial charge in [-0.1, -0.05) is 13.8 Å². The number of hydrogen-bond donors (Lipinski definition) is 0. The van der Waals surface area contributed by atoms with E-state index in [4.69, 9.17) is 4.74 Å². The van der Waals surface area contributed by atoms with Gasteiger partial charge in [-0.05, 0) is 25.7 Å². The van der Waals surface area contributed by atoms with Crippen molar-refractivity contribution in [3.63, 3.8) is 0 Å². The lowest BCUT2D eigenvalue weighted by Crippen LogP contribution is -2.45. The van der Waals surface area contributed by atoms with Crippen LogP contribution < -0.4 is 0 Å². The molecular weight excluding hydrogens is 228 g/mol. The highest BCUT2D eigenvalue weighted by molar-refractivity contribution is 5.78. The average Bonchev–Trinajstić information content (AvgIpc) is 2.39. The summed E-state index contributed by atoms with van der Waals surface area (Å²) in [6.45, 7) is 8.57. The van der Waals surface area contributed by atoms with E-state index >= 15 is 0 Å². The fourth-order valence-electron chi connectivity index (χ4n) is 2.50. The summed E-state index contributed by atoms with van der Waals surface area (Å²) in [6, 6.07) is 0. The average molecular weight is 256 g/mol. The van der Waals surface area contributed by atoms with Crippen molar-refractivity contribution in [2.45, 2.75) is 45.6 Å². The molecule has 0 aliphatic carbocycles. The molecule has 0 aromatic carbocycles. The van der Waals surface area contributed by atoms with Gasteiger partial charge in [-0.3, -0.25) is 9.69 Å². The van der Waals surface area contributed by atoms with Crippen LogP contribution in [0.5, 0.6) is 0 Å². The number of ether oxygens (including phenoxy) is 1. The van der Waals surface area contributed by atoms with Gasteiger partial charge in [0.25, 0.3) is 0 Å². The Hall–Kier alpha value is -0.610. The molecule has 0 N–H and O–H groups in total. The van der Waals surface area contributed by atoms with E-state index in [9.17, 15) is 4.79 Å². The van der Waals surface area contributed by atoms with Gasteiger partial charge >= 0.3 is 0 Å². The van der Waals surface area contributed by atoms with Crippen LogP contribution in [0, 0.1) is 0 Å². The minimum absolute atomic E-state index is 0.287. The van der Waals surface area contributed by atoms with Crippen LogP contribution in [0.2, 0.25) is 0 Å². The normalized spacial score (nSPS) is 17.9. The highest BCUT2D eigenvalue weighted by atomic mass is 16.5. The minimum Gasteiger partial charge on any atom is -0.381 e. The zero-order chi connectivity index (χ0) is 13.4. The standard InChI is InChI=1S/C14H28N2O2/c1-4-8-16(9-5-2)14(17)12-15-10-6-13(18-3)7-11-15/h13H,4-12H2,1-3H3. The molecule has 0 bridgehead atoms. The highest BCUT2D eigenvalue weighted by Crippen LogP contribution is 2.12. The Kier molecular flexibility index (Phi) is 7.28. The number of rotatable bonds is 7. The molecule has 4 heteroatoms. The third-order valence-corrected chi connectivity index (χ3v) is 3.57. The molecule has 18 heavy (non-hydrogen) atoms. The van der Waals surface area contributed by atoms with Gasteiger partial charge < -0.3 is 9.64 Å². The number of carbonyl (C=O) groups is 1. The Bertz CT molecular complexity index is 232. The number of likely N-dealkylation sites (tertiary alicyclic amines) is 1. The maximum atomic E-state index is 12.2. The van der Waals surface area contributed by atoms with Gasteiger partial charge in [-0.2, -0.15) is 0 Å². The predicted molar refractivity (Wildman–Crippen MR) is 73.6 cm³/mol. The zero-order valence-electron chi connectivity index (χ0n) is 12.2. The highest BCUT2D eigenvalue weighted by Gasteiger charge is 2.22. The van der Waals surface area contributed by atoms with Crippen LogP contribution in [0.25, 0.3) is 0 Å². The third kappa shape index (κ3) is 4.94. The van der Waals surface area contributed by atoms with E-state index in [0.29, 0.717) is 12.6 Å². The Balaban J connectivity index is 2.34. The van der Waals surface area contributed by atoms with E-state index in [-0.39, 0.29) is 5.91 Å². The molecule has 1 saturated heterocycles. The summed E-state index contributed by atoms with van der Waals surface area (Å²) in [5.74, 6) is 0.287. The number of carbonyl (C=O) groups excluding carboxylic acids is 1. The van der Waals surface area contributed by atoms with Crippen molar-refractivity contribution in [2.24, 2.45) is 0 Å². The van der Waals surface area contributed by atoms with E-state index in [1.807, 2.05) is 4.90 Å². The van der Waals surface area contributed by atoms with Crippen molar-refractivity contribution in [1.29, 1.82) is 0 Å². The summed E-state index contributed by atoms with van der Waals surface area (Å²) in [6.07, 6.45) is 4.56. The molecule has 0 atom stereocenters. The molecule has 1 aliphatic rings. The summed E-state index contributed by atoms with van der Waals surface area (Å²) in [4.78, 5) is 16.5. The SMILES string of the molecule is CCCN(CCC)C(=O)CN1CCC(OC)CC1. The smallest absolute Gasteiger partial charge is 0.236 e. The van der Waals surface area contributed by atoms with Crippen LogP contribution in [0.4, 0.5) is 0 Å². The molecular formula is C14H28N2O2. The van der Waals surface area contributed by atoms with Crippen LogP contribution in [0.3, 0.4) is 0 Å². The maximum absolute atomic E-state index is 12.2. The van der Waals surface area contributed by atoms with Gasteiger partial charge in [0.2, 0.25) is 5.91 Å². The van der Waals surface area contributed by atoms with Gasteiger partial charge in [-0.15, -0.1) is 0 Å². The van der Waals surface area contributed by atoms with Crippen molar-refractivity contribution in [2.75, 3.05) is 39.8 Å². The number of nitrogens with zero attached hydrogens (tertiary/aromatic N) is 2. The van der Waals surface area contributed by atoms with Gasteiger partial charge in [0.1, 0.15) is 0 Å². The van der Waals surface area contributed by atoms with Crippen LogP contribution >= 0.6 is 0 Å². The first-order valence-corrected chi connectivity index (χ1v) is 7.24. The van der Waals surface area contributed by atoms with Gasteiger partial charge in [0.15, 0.2) is 0 Å². The second kappa shape index (κ2) is 8.48. The summed E-state index contributed by atoms with van der Waals surface area (Å²) in [5, 5.41) is 0. The van der Waals surface area contributed by atoms with Crippen molar-refractivity contribution in [3.8, 4) is 0 Å². The van der Waals surface area contributed by atoms with Crippen molar-refractivity contribution < 1.29 is 9.53 Å². The molecule has 106 valence electrons. The van der Waals surface area contributed by atoms with E-state index in [2.05, 4.69) is 18.7 Å². The lowest BCUT2D eigenvalue weighted by atomic mass is 10.1. The van der Waals surface area contributed by atoms with E-state index in [0.717, 1.165) is 51.9 Å². The molecule has 1 amide bonds. The van der Waals surface area contributed by atoms with Crippen molar-refractivity contribution in [1.82, 2.24) is 9.80 Å². The van der Waals surface area contributed by atoms with E-state index in [1.54, 1.807) is 7.11 Å². The minimum atomic E-state index is 0.287. The van der Waals surface area contributed by atoms with Gasteiger partial charge in [0, 0.05) is 33.3 Å². The molecule has 4 nitrogen and oxygen atoms in total. The van der Waals surface area contributed by atoms with E-state index in [1.165, 1.54) is 0 Å². The van der Waals surface area contributed by atoms with Crippen LogP contribution in [0.1, 0.15) is 39.5 Å². The van der Waals surface area contributed by atoms with Gasteiger partial charge in [-0.25, -0.2) is 0 Å². The number of piperidine rings is 1. The zero-order valence-corrected chi connectivity index (χ0v) is 12.2. The Morgan fingerprint density at radius 3 is 2.22 bits per heavy atom. The molecule has 0 aromatic rings. The lowest BCUT2D eigenvalue weighted by molar-refractivity contribution is -0.133. The summed E-state index contributed by atoms with van der Waals surface area (Å²) in [7, 11) is 1.77. The largest absolute Gasteiger partial charge is 0.381 e. The monoisotopic (exact) mass is 256 g/mol. The van der Waals surface area contributed by atoms with Crippen molar-refractivity contribution >= 4 is 5.91 Å². The molecule has 0 saturated carbocycles. The first-order chi connectivity index (χ1) is 8.71. The fraction of sp³-hybridized carbons (Fsp3) is 0.929. The second-order valence-electron chi connectivity index (χ2n) is 5.09. The fourth-order valence-corrected chi connectivity index (χ4v) is 2.50. The lowest BCUT2D eigenvalue weighted by Gasteiger charge is -2.32. The predicted octanol–water partition coefficient (Wildman–Crippen LogP) is 1.75. The van der Waals surface area contributed by atoms with E-state index < -0.39 is 0 Å². The molecule has 0 spiro atoms.